The van der Waals surface area contributed by atoms with E-state index in [-0.39, 0.29) is 5.75 Å². The molecule has 20 heavy (non-hydrogen) atoms. The van der Waals surface area contributed by atoms with E-state index in [9.17, 15) is 4.79 Å². The summed E-state index contributed by atoms with van der Waals surface area (Å²) >= 11 is 2.96. The summed E-state index contributed by atoms with van der Waals surface area (Å²) in [6, 6.07) is 2.56. The molecule has 0 radical (unpaired) electrons. The Kier molecular flexibility index (Phi) is 3.55. The highest BCUT2D eigenvalue weighted by atomic mass is 32.2. The molecule has 3 rings (SSSR count). The zero-order valence-electron chi connectivity index (χ0n) is 11.3. The summed E-state index contributed by atoms with van der Waals surface area (Å²) in [6.07, 6.45) is 2.24. The maximum Gasteiger partial charge on any atom is 0.313 e. The van der Waals surface area contributed by atoms with E-state index in [1.807, 2.05) is 0 Å². The molecule has 0 spiro atoms. The number of aryl methyl sites for hydroxylation is 2. The molecule has 0 bridgehead atoms. The van der Waals surface area contributed by atoms with Crippen molar-refractivity contribution in [1.82, 2.24) is 14.8 Å². The third-order valence-corrected chi connectivity index (χ3v) is 5.36. The van der Waals surface area contributed by atoms with Crippen LogP contribution in [0.2, 0.25) is 0 Å². The Hall–Kier alpha value is -1.34. The predicted molar refractivity (Wildman–Crippen MR) is 79.4 cm³/mol. The van der Waals surface area contributed by atoms with E-state index in [4.69, 9.17) is 5.11 Å². The van der Waals surface area contributed by atoms with E-state index in [0.29, 0.717) is 11.2 Å². The fourth-order valence-electron chi connectivity index (χ4n) is 2.01. The highest BCUT2D eigenvalue weighted by molar-refractivity contribution is 7.99. The number of hydrogen-bond donors (Lipinski definition) is 1. The van der Waals surface area contributed by atoms with Gasteiger partial charge in [-0.25, -0.2) is 0 Å². The molecule has 106 valence electrons. The first-order valence-corrected chi connectivity index (χ1v) is 8.23. The second-order valence-electron chi connectivity index (χ2n) is 4.94. The third kappa shape index (κ3) is 2.60. The van der Waals surface area contributed by atoms with Crippen LogP contribution in [0.25, 0.3) is 10.7 Å². The van der Waals surface area contributed by atoms with Gasteiger partial charge in [0.1, 0.15) is 0 Å². The van der Waals surface area contributed by atoms with Gasteiger partial charge in [0.25, 0.3) is 0 Å². The molecule has 0 aliphatic heterocycles. The molecule has 0 amide bonds. The fourth-order valence-corrected chi connectivity index (χ4v) is 3.76. The van der Waals surface area contributed by atoms with Gasteiger partial charge in [0.15, 0.2) is 11.0 Å². The van der Waals surface area contributed by atoms with Crippen LogP contribution in [0.5, 0.6) is 0 Å². The molecule has 1 saturated carbocycles. The maximum atomic E-state index is 10.7. The smallest absolute Gasteiger partial charge is 0.313 e. The molecule has 1 fully saturated rings. The zero-order chi connectivity index (χ0) is 14.3. The van der Waals surface area contributed by atoms with Gasteiger partial charge in [0.2, 0.25) is 0 Å². The van der Waals surface area contributed by atoms with Crippen molar-refractivity contribution in [2.45, 2.75) is 37.9 Å². The number of thiophene rings is 1. The van der Waals surface area contributed by atoms with Crippen molar-refractivity contribution in [3.8, 4) is 10.7 Å². The Labute approximate surface area is 125 Å². The minimum Gasteiger partial charge on any atom is -0.481 e. The quantitative estimate of drug-likeness (QED) is 0.859. The van der Waals surface area contributed by atoms with Crippen molar-refractivity contribution in [2.24, 2.45) is 0 Å². The molecule has 5 nitrogen and oxygen atoms in total. The minimum atomic E-state index is -0.829. The largest absolute Gasteiger partial charge is 0.481 e. The van der Waals surface area contributed by atoms with Crippen LogP contribution in [0, 0.1) is 13.8 Å². The number of nitrogens with zero attached hydrogens (tertiary/aromatic N) is 3. The summed E-state index contributed by atoms with van der Waals surface area (Å²) in [6.45, 7) is 4.19. The van der Waals surface area contributed by atoms with Crippen molar-refractivity contribution >= 4 is 29.1 Å². The number of aliphatic carboxylic acids is 1. The fraction of sp³-hybridized carbons (Fsp3) is 0.462. The van der Waals surface area contributed by atoms with Crippen LogP contribution in [0.15, 0.2) is 11.2 Å². The molecular weight excluding hydrogens is 294 g/mol. The SMILES string of the molecule is Cc1cc(-c2nnc(SCC(=O)O)n2C2CC2)sc1C. The zero-order valence-corrected chi connectivity index (χ0v) is 12.9. The van der Waals surface area contributed by atoms with E-state index in [1.54, 1.807) is 11.3 Å². The van der Waals surface area contributed by atoms with Crippen LogP contribution >= 0.6 is 23.1 Å². The van der Waals surface area contributed by atoms with Crippen LogP contribution < -0.4 is 0 Å². The second kappa shape index (κ2) is 5.21. The molecule has 2 heterocycles. The minimum absolute atomic E-state index is 0.0212. The molecule has 0 aromatic carbocycles. The average Bonchev–Trinajstić information content (AvgIpc) is 3.06. The number of aromatic nitrogens is 3. The monoisotopic (exact) mass is 309 g/mol. The first-order valence-electron chi connectivity index (χ1n) is 6.43. The molecule has 1 aliphatic rings. The molecule has 0 saturated heterocycles. The Balaban J connectivity index is 1.96. The molecule has 1 N–H and O–H groups in total. The Bertz CT molecular complexity index is 639. The topological polar surface area (TPSA) is 68.0 Å². The molecule has 2 aromatic rings. The molecule has 2 aromatic heterocycles. The summed E-state index contributed by atoms with van der Waals surface area (Å²) in [5.74, 6) is 0.0687. The van der Waals surface area contributed by atoms with Gasteiger partial charge in [-0.1, -0.05) is 11.8 Å². The van der Waals surface area contributed by atoms with Crippen molar-refractivity contribution in [3.63, 3.8) is 0 Å². The second-order valence-corrected chi connectivity index (χ2v) is 7.14. The predicted octanol–water partition coefficient (Wildman–Crippen LogP) is 3.14. The van der Waals surface area contributed by atoms with Crippen LogP contribution in [0.4, 0.5) is 0 Å². The molecule has 0 atom stereocenters. The van der Waals surface area contributed by atoms with Gasteiger partial charge in [0.05, 0.1) is 10.6 Å². The van der Waals surface area contributed by atoms with Gasteiger partial charge in [0, 0.05) is 10.9 Å². The number of hydrogen-bond acceptors (Lipinski definition) is 5. The van der Waals surface area contributed by atoms with E-state index >= 15 is 0 Å². The summed E-state index contributed by atoms with van der Waals surface area (Å²) < 4.78 is 2.11. The lowest BCUT2D eigenvalue weighted by Gasteiger charge is -2.06. The van der Waals surface area contributed by atoms with Gasteiger partial charge < -0.3 is 5.11 Å². The number of carboxylic acid groups (broad SMARTS) is 1. The average molecular weight is 309 g/mol. The Morgan fingerprint density at radius 2 is 2.25 bits per heavy atom. The van der Waals surface area contributed by atoms with Gasteiger partial charge in [-0.3, -0.25) is 9.36 Å². The van der Waals surface area contributed by atoms with Crippen molar-refractivity contribution in [3.05, 3.63) is 16.5 Å². The van der Waals surface area contributed by atoms with Crippen LogP contribution in [0.3, 0.4) is 0 Å². The first kappa shape index (κ1) is 13.6. The van der Waals surface area contributed by atoms with E-state index in [2.05, 4.69) is 34.7 Å². The number of rotatable bonds is 5. The number of thioether (sulfide) groups is 1. The Morgan fingerprint density at radius 1 is 1.50 bits per heavy atom. The van der Waals surface area contributed by atoms with Crippen LogP contribution in [-0.4, -0.2) is 31.6 Å². The standard InChI is InChI=1S/C13H15N3O2S2/c1-7-5-10(20-8(7)2)12-14-15-13(19-6-11(17)18)16(12)9-3-4-9/h5,9H,3-4,6H2,1-2H3,(H,17,18). The lowest BCUT2D eigenvalue weighted by atomic mass is 10.3. The molecule has 1 aliphatic carbocycles. The van der Waals surface area contributed by atoms with Crippen LogP contribution in [0.1, 0.15) is 29.3 Å². The Morgan fingerprint density at radius 3 is 2.80 bits per heavy atom. The van der Waals surface area contributed by atoms with E-state index in [1.165, 1.54) is 22.2 Å². The number of carbonyl (C=O) groups is 1. The van der Waals surface area contributed by atoms with Crippen molar-refractivity contribution < 1.29 is 9.90 Å². The van der Waals surface area contributed by atoms with Gasteiger partial charge in [-0.05, 0) is 38.3 Å². The van der Waals surface area contributed by atoms with Crippen LogP contribution in [-0.2, 0) is 4.79 Å². The first-order chi connectivity index (χ1) is 9.56. The number of carboxylic acids is 1. The summed E-state index contributed by atoms with van der Waals surface area (Å²) in [5, 5.41) is 18.0. The molecule has 7 heteroatoms. The summed E-state index contributed by atoms with van der Waals surface area (Å²) in [7, 11) is 0. The summed E-state index contributed by atoms with van der Waals surface area (Å²) in [5.41, 5.74) is 1.26. The normalized spacial score (nSPS) is 14.7. The lowest BCUT2D eigenvalue weighted by molar-refractivity contribution is -0.133. The molecular formula is C13H15N3O2S2. The van der Waals surface area contributed by atoms with E-state index < -0.39 is 5.97 Å². The van der Waals surface area contributed by atoms with Crippen molar-refractivity contribution in [2.75, 3.05) is 5.75 Å². The third-order valence-electron chi connectivity index (χ3n) is 3.29. The van der Waals surface area contributed by atoms with Crippen molar-refractivity contribution in [1.29, 1.82) is 0 Å². The van der Waals surface area contributed by atoms with Gasteiger partial charge >= 0.3 is 5.97 Å². The highest BCUT2D eigenvalue weighted by Gasteiger charge is 2.30. The highest BCUT2D eigenvalue weighted by Crippen LogP contribution is 2.42. The van der Waals surface area contributed by atoms with Gasteiger partial charge in [-0.15, -0.1) is 21.5 Å². The van der Waals surface area contributed by atoms with Gasteiger partial charge in [-0.2, -0.15) is 0 Å². The molecule has 0 unspecified atom stereocenters. The maximum absolute atomic E-state index is 10.7. The lowest BCUT2D eigenvalue weighted by Crippen LogP contribution is -2.02. The van der Waals surface area contributed by atoms with E-state index in [0.717, 1.165) is 23.5 Å². The summed E-state index contributed by atoms with van der Waals surface area (Å²) in [4.78, 5) is 13.1.